The second-order valence-corrected chi connectivity index (χ2v) is 7.28. The number of carbonyl (C=O) groups is 2. The summed E-state index contributed by atoms with van der Waals surface area (Å²) in [6, 6.07) is 15.1. The van der Waals surface area contributed by atoms with Crippen molar-refractivity contribution in [2.45, 2.75) is 25.7 Å². The van der Waals surface area contributed by atoms with E-state index in [1.165, 1.54) is 11.8 Å². The monoisotopic (exact) mass is 372 g/mol. The van der Waals surface area contributed by atoms with Crippen LogP contribution in [0.2, 0.25) is 0 Å². The number of hydrogen-bond donors (Lipinski definition) is 2. The predicted molar refractivity (Wildman–Crippen MR) is 108 cm³/mol. The summed E-state index contributed by atoms with van der Waals surface area (Å²) in [5.74, 6) is -0.0534. The second kappa shape index (κ2) is 9.99. The number of carbonyl (C=O) groups excluding carboxylic acids is 2. The zero-order chi connectivity index (χ0) is 18.9. The largest absolute Gasteiger partial charge is 0.380 e. The fourth-order valence-corrected chi connectivity index (χ4v) is 2.95. The van der Waals surface area contributed by atoms with Gasteiger partial charge < -0.3 is 15.4 Å². The molecule has 1 atom stereocenters. The number of benzene rings is 2. The van der Waals surface area contributed by atoms with Gasteiger partial charge in [0.2, 0.25) is 11.8 Å². The van der Waals surface area contributed by atoms with E-state index in [4.69, 9.17) is 4.74 Å². The minimum absolute atomic E-state index is 0.127. The van der Waals surface area contributed by atoms with Crippen molar-refractivity contribution in [3.8, 4) is 0 Å². The lowest BCUT2D eigenvalue weighted by Crippen LogP contribution is -2.25. The lowest BCUT2D eigenvalue weighted by molar-refractivity contribution is -0.115. The highest BCUT2D eigenvalue weighted by molar-refractivity contribution is 8.01. The molecule has 0 heterocycles. The summed E-state index contributed by atoms with van der Waals surface area (Å²) in [4.78, 5) is 24.4. The maximum atomic E-state index is 12.4. The van der Waals surface area contributed by atoms with E-state index >= 15 is 0 Å². The van der Waals surface area contributed by atoms with Gasteiger partial charge in [-0.25, -0.2) is 0 Å². The predicted octanol–water partition coefficient (Wildman–Crippen LogP) is 3.84. The van der Waals surface area contributed by atoms with Gasteiger partial charge in [0.1, 0.15) is 0 Å². The van der Waals surface area contributed by atoms with E-state index in [2.05, 4.69) is 10.6 Å². The molecular weight excluding hydrogens is 348 g/mol. The van der Waals surface area contributed by atoms with Crippen molar-refractivity contribution in [3.63, 3.8) is 0 Å². The average molecular weight is 372 g/mol. The van der Waals surface area contributed by atoms with Gasteiger partial charge in [-0.15, -0.1) is 11.8 Å². The smallest absolute Gasteiger partial charge is 0.237 e. The number of para-hydroxylation sites is 1. The zero-order valence-electron chi connectivity index (χ0n) is 15.2. The van der Waals surface area contributed by atoms with E-state index in [1.54, 1.807) is 14.0 Å². The number of aryl methyl sites for hydroxylation is 1. The zero-order valence-corrected chi connectivity index (χ0v) is 16.1. The summed E-state index contributed by atoms with van der Waals surface area (Å²) in [6.45, 7) is 4.21. The Morgan fingerprint density at radius 3 is 2.46 bits per heavy atom. The molecule has 2 rings (SSSR count). The molecule has 26 heavy (non-hydrogen) atoms. The first-order valence-corrected chi connectivity index (χ1v) is 9.40. The summed E-state index contributed by atoms with van der Waals surface area (Å²) in [6.07, 6.45) is 0. The molecule has 2 N–H and O–H groups in total. The molecule has 0 aliphatic heterocycles. The van der Waals surface area contributed by atoms with Crippen molar-refractivity contribution in [1.82, 2.24) is 0 Å². The molecule has 138 valence electrons. The Kier molecular flexibility index (Phi) is 7.69. The molecule has 0 aliphatic rings. The molecule has 0 aromatic heterocycles. The molecule has 2 aromatic carbocycles. The minimum atomic E-state index is -0.352. The third kappa shape index (κ3) is 6.20. The van der Waals surface area contributed by atoms with Gasteiger partial charge in [0.05, 0.1) is 17.6 Å². The standard InChI is InChI=1S/C20H24N2O3S/c1-14-8-10-17(11-9-14)21-19(23)13-26-15(2)20(24)22-18-7-5-4-6-16(18)12-25-3/h4-11,15H,12-13H2,1-3H3,(H,21,23)(H,22,24). The Bertz CT molecular complexity index is 747. The van der Waals surface area contributed by atoms with Crippen LogP contribution in [0, 0.1) is 6.92 Å². The summed E-state index contributed by atoms with van der Waals surface area (Å²) >= 11 is 1.30. The topological polar surface area (TPSA) is 67.4 Å². The number of thioether (sulfide) groups is 1. The van der Waals surface area contributed by atoms with Gasteiger partial charge in [0.25, 0.3) is 0 Å². The van der Waals surface area contributed by atoms with Gasteiger partial charge in [-0.2, -0.15) is 0 Å². The SMILES string of the molecule is COCc1ccccc1NC(=O)C(C)SCC(=O)Nc1ccc(C)cc1. The van der Waals surface area contributed by atoms with Crippen LogP contribution in [0.25, 0.3) is 0 Å². The van der Waals surface area contributed by atoms with Gasteiger partial charge in [-0.05, 0) is 32.0 Å². The lowest BCUT2D eigenvalue weighted by atomic mass is 10.2. The molecule has 0 fully saturated rings. The quantitative estimate of drug-likeness (QED) is 0.739. The average Bonchev–Trinajstić information content (AvgIpc) is 2.63. The Morgan fingerprint density at radius 2 is 1.77 bits per heavy atom. The summed E-state index contributed by atoms with van der Waals surface area (Å²) in [5, 5.41) is 5.38. The Hall–Kier alpha value is -2.31. The highest BCUT2D eigenvalue weighted by Crippen LogP contribution is 2.19. The maximum Gasteiger partial charge on any atom is 0.237 e. The van der Waals surface area contributed by atoms with E-state index in [0.29, 0.717) is 6.61 Å². The maximum absolute atomic E-state index is 12.4. The van der Waals surface area contributed by atoms with E-state index in [1.807, 2.05) is 55.5 Å². The highest BCUT2D eigenvalue weighted by atomic mass is 32.2. The fourth-order valence-electron chi connectivity index (χ4n) is 2.27. The van der Waals surface area contributed by atoms with Crippen LogP contribution in [0.5, 0.6) is 0 Å². The minimum Gasteiger partial charge on any atom is -0.380 e. The van der Waals surface area contributed by atoms with Gasteiger partial charge in [0, 0.05) is 24.0 Å². The van der Waals surface area contributed by atoms with Crippen LogP contribution in [0.1, 0.15) is 18.1 Å². The third-order valence-corrected chi connectivity index (χ3v) is 4.89. The molecule has 6 heteroatoms. The molecule has 2 aromatic rings. The van der Waals surface area contributed by atoms with Crippen LogP contribution >= 0.6 is 11.8 Å². The molecule has 1 unspecified atom stereocenters. The number of hydrogen-bond acceptors (Lipinski definition) is 4. The number of anilines is 2. The molecule has 2 amide bonds. The van der Waals surface area contributed by atoms with E-state index in [9.17, 15) is 9.59 Å². The Labute approximate surface area is 158 Å². The van der Waals surface area contributed by atoms with Crippen molar-refractivity contribution >= 4 is 35.0 Å². The molecule has 0 radical (unpaired) electrons. The summed E-state index contributed by atoms with van der Waals surface area (Å²) in [5.41, 5.74) is 3.54. The number of amides is 2. The van der Waals surface area contributed by atoms with Crippen LogP contribution in [-0.2, 0) is 20.9 Å². The van der Waals surface area contributed by atoms with Crippen molar-refractivity contribution in [1.29, 1.82) is 0 Å². The van der Waals surface area contributed by atoms with Crippen LogP contribution in [0.3, 0.4) is 0 Å². The normalized spacial score (nSPS) is 11.7. The number of rotatable bonds is 8. The molecule has 0 saturated heterocycles. The van der Waals surface area contributed by atoms with Gasteiger partial charge >= 0.3 is 0 Å². The van der Waals surface area contributed by atoms with Crippen LogP contribution in [-0.4, -0.2) is 29.9 Å². The lowest BCUT2D eigenvalue weighted by Gasteiger charge is -2.14. The molecule has 0 spiro atoms. The molecule has 0 saturated carbocycles. The van der Waals surface area contributed by atoms with Crippen LogP contribution in [0.4, 0.5) is 11.4 Å². The second-order valence-electron chi connectivity index (χ2n) is 5.95. The molecule has 5 nitrogen and oxygen atoms in total. The summed E-state index contributed by atoms with van der Waals surface area (Å²) in [7, 11) is 1.61. The first-order chi connectivity index (χ1) is 12.5. The van der Waals surface area contributed by atoms with Gasteiger partial charge in [-0.1, -0.05) is 35.9 Å². The van der Waals surface area contributed by atoms with E-state index < -0.39 is 0 Å². The summed E-state index contributed by atoms with van der Waals surface area (Å²) < 4.78 is 5.14. The number of methoxy groups -OCH3 is 1. The van der Waals surface area contributed by atoms with Gasteiger partial charge in [-0.3, -0.25) is 9.59 Å². The van der Waals surface area contributed by atoms with E-state index in [0.717, 1.165) is 22.5 Å². The number of ether oxygens (including phenoxy) is 1. The van der Waals surface area contributed by atoms with Crippen molar-refractivity contribution in [2.24, 2.45) is 0 Å². The Morgan fingerprint density at radius 1 is 1.08 bits per heavy atom. The molecular formula is C20H24N2O3S. The first kappa shape index (κ1) is 20.0. The fraction of sp³-hybridized carbons (Fsp3) is 0.300. The van der Waals surface area contributed by atoms with Crippen molar-refractivity contribution < 1.29 is 14.3 Å². The van der Waals surface area contributed by atoms with Crippen LogP contribution < -0.4 is 10.6 Å². The number of nitrogens with one attached hydrogen (secondary N) is 2. The Balaban J connectivity index is 1.83. The van der Waals surface area contributed by atoms with E-state index in [-0.39, 0.29) is 22.8 Å². The van der Waals surface area contributed by atoms with Crippen LogP contribution in [0.15, 0.2) is 48.5 Å². The third-order valence-electron chi connectivity index (χ3n) is 3.74. The van der Waals surface area contributed by atoms with Crippen molar-refractivity contribution in [3.05, 3.63) is 59.7 Å². The molecule has 0 bridgehead atoms. The van der Waals surface area contributed by atoms with Crippen molar-refractivity contribution in [2.75, 3.05) is 23.5 Å². The molecule has 0 aliphatic carbocycles. The highest BCUT2D eigenvalue weighted by Gasteiger charge is 2.16. The first-order valence-electron chi connectivity index (χ1n) is 8.35. The van der Waals surface area contributed by atoms with Gasteiger partial charge in [0.15, 0.2) is 0 Å².